The Labute approximate surface area is 108 Å². The van der Waals surface area contributed by atoms with Crippen molar-refractivity contribution in [2.45, 2.75) is 32.6 Å². The van der Waals surface area contributed by atoms with Gasteiger partial charge in [0.05, 0.1) is 12.5 Å². The quantitative estimate of drug-likeness (QED) is 0.462. The molecule has 1 aromatic carbocycles. The summed E-state index contributed by atoms with van der Waals surface area (Å²) in [4.78, 5) is 0. The first-order chi connectivity index (χ1) is 8.20. The molecule has 2 nitrogen and oxygen atoms in total. The van der Waals surface area contributed by atoms with E-state index < -0.39 is 0 Å². The van der Waals surface area contributed by atoms with Crippen LogP contribution in [-0.2, 0) is 4.74 Å². The second kappa shape index (κ2) is 7.33. The molecule has 0 spiro atoms. The molecular formula is C14H20ClNO. The van der Waals surface area contributed by atoms with Crippen LogP contribution < -0.4 is 0 Å². The van der Waals surface area contributed by atoms with E-state index in [1.54, 1.807) is 0 Å². The molecule has 94 valence electrons. The van der Waals surface area contributed by atoms with Gasteiger partial charge >= 0.3 is 0 Å². The summed E-state index contributed by atoms with van der Waals surface area (Å²) in [6.07, 6.45) is 1.77. The predicted octanol–water partition coefficient (Wildman–Crippen LogP) is 4.11. The molecule has 0 amide bonds. The van der Waals surface area contributed by atoms with Crippen molar-refractivity contribution in [1.29, 1.82) is 5.41 Å². The average molecular weight is 254 g/mol. The first kappa shape index (κ1) is 14.0. The minimum atomic E-state index is 0.0369. The van der Waals surface area contributed by atoms with Gasteiger partial charge in [-0.1, -0.05) is 24.3 Å². The van der Waals surface area contributed by atoms with E-state index in [1.807, 2.05) is 19.1 Å². The van der Waals surface area contributed by atoms with Crippen LogP contribution in [0, 0.1) is 12.3 Å². The van der Waals surface area contributed by atoms with Crippen LogP contribution in [0.5, 0.6) is 0 Å². The Hall–Kier alpha value is -1.02. The van der Waals surface area contributed by atoms with Crippen LogP contribution >= 0.6 is 11.6 Å². The van der Waals surface area contributed by atoms with Crippen molar-refractivity contribution in [1.82, 2.24) is 0 Å². The summed E-state index contributed by atoms with van der Waals surface area (Å²) in [5.41, 5.74) is 2.38. The van der Waals surface area contributed by atoms with Crippen LogP contribution in [0.15, 0.2) is 24.3 Å². The number of halogens is 1. The van der Waals surface area contributed by atoms with E-state index in [0.717, 1.165) is 12.8 Å². The van der Waals surface area contributed by atoms with Gasteiger partial charge in [-0.2, -0.15) is 0 Å². The van der Waals surface area contributed by atoms with Crippen molar-refractivity contribution in [3.05, 3.63) is 35.4 Å². The smallest absolute Gasteiger partial charge is 0.188 e. The fourth-order valence-corrected chi connectivity index (χ4v) is 2.10. The number of hydrogen-bond donors (Lipinski definition) is 1. The van der Waals surface area contributed by atoms with E-state index in [9.17, 15) is 0 Å². The van der Waals surface area contributed by atoms with Gasteiger partial charge < -0.3 is 4.74 Å². The number of aryl methyl sites for hydroxylation is 1. The second-order valence-electron chi connectivity index (χ2n) is 4.04. The SMILES string of the molecule is CCOC(=N)C(CCCCl)c1ccccc1C. The molecule has 0 fully saturated rings. The molecule has 17 heavy (non-hydrogen) atoms. The van der Waals surface area contributed by atoms with E-state index in [-0.39, 0.29) is 5.92 Å². The number of hydrogen-bond acceptors (Lipinski definition) is 2. The lowest BCUT2D eigenvalue weighted by molar-refractivity contribution is 0.305. The van der Waals surface area contributed by atoms with Gasteiger partial charge in [0, 0.05) is 5.88 Å². The monoisotopic (exact) mass is 253 g/mol. The summed E-state index contributed by atoms with van der Waals surface area (Å²) in [5, 5.41) is 7.99. The summed E-state index contributed by atoms with van der Waals surface area (Å²) >= 11 is 5.74. The zero-order valence-corrected chi connectivity index (χ0v) is 11.3. The Morgan fingerprint density at radius 2 is 2.12 bits per heavy atom. The summed E-state index contributed by atoms with van der Waals surface area (Å²) < 4.78 is 5.35. The van der Waals surface area contributed by atoms with Crippen molar-refractivity contribution >= 4 is 17.5 Å². The van der Waals surface area contributed by atoms with E-state index in [1.165, 1.54) is 11.1 Å². The molecule has 0 bridgehead atoms. The van der Waals surface area contributed by atoms with Gasteiger partial charge in [-0.15, -0.1) is 11.6 Å². The Morgan fingerprint density at radius 1 is 1.41 bits per heavy atom. The highest BCUT2D eigenvalue weighted by atomic mass is 35.5. The van der Waals surface area contributed by atoms with Gasteiger partial charge in [-0.3, -0.25) is 5.41 Å². The van der Waals surface area contributed by atoms with Crippen LogP contribution in [-0.4, -0.2) is 18.4 Å². The molecule has 3 heteroatoms. The molecule has 0 aliphatic heterocycles. The Bertz CT molecular complexity index is 365. The van der Waals surface area contributed by atoms with Crippen molar-refractivity contribution in [3.63, 3.8) is 0 Å². The highest BCUT2D eigenvalue weighted by Crippen LogP contribution is 2.26. The molecule has 0 aliphatic rings. The molecule has 0 aromatic heterocycles. The molecule has 1 N–H and O–H groups in total. The minimum absolute atomic E-state index is 0.0369. The normalized spacial score (nSPS) is 12.2. The van der Waals surface area contributed by atoms with Gasteiger partial charge in [-0.25, -0.2) is 0 Å². The van der Waals surface area contributed by atoms with Gasteiger partial charge in [-0.05, 0) is 37.8 Å². The largest absolute Gasteiger partial charge is 0.481 e. The van der Waals surface area contributed by atoms with Crippen LogP contribution in [0.25, 0.3) is 0 Å². The molecule has 0 heterocycles. The number of alkyl halides is 1. The van der Waals surface area contributed by atoms with Crippen molar-refractivity contribution in [3.8, 4) is 0 Å². The Balaban J connectivity index is 2.89. The zero-order chi connectivity index (χ0) is 12.7. The van der Waals surface area contributed by atoms with Gasteiger partial charge in [0.1, 0.15) is 0 Å². The maximum Gasteiger partial charge on any atom is 0.188 e. The first-order valence-electron chi connectivity index (χ1n) is 6.03. The standard InChI is InChI=1S/C14H20ClNO/c1-3-17-14(16)13(9-6-10-15)12-8-5-4-7-11(12)2/h4-5,7-8,13,16H,3,6,9-10H2,1-2H3. The first-order valence-corrected chi connectivity index (χ1v) is 6.56. The van der Waals surface area contributed by atoms with Crippen molar-refractivity contribution in [2.75, 3.05) is 12.5 Å². The molecule has 1 rings (SSSR count). The lowest BCUT2D eigenvalue weighted by Gasteiger charge is -2.19. The number of nitrogens with one attached hydrogen (secondary N) is 1. The third-order valence-electron chi connectivity index (χ3n) is 2.81. The minimum Gasteiger partial charge on any atom is -0.481 e. The van der Waals surface area contributed by atoms with E-state index in [4.69, 9.17) is 21.7 Å². The predicted molar refractivity (Wildman–Crippen MR) is 73.2 cm³/mol. The Morgan fingerprint density at radius 3 is 2.71 bits per heavy atom. The van der Waals surface area contributed by atoms with Crippen LogP contribution in [0.2, 0.25) is 0 Å². The maximum absolute atomic E-state index is 7.99. The number of rotatable bonds is 6. The topological polar surface area (TPSA) is 33.1 Å². The third kappa shape index (κ3) is 4.04. The fourth-order valence-electron chi connectivity index (χ4n) is 1.94. The molecule has 0 radical (unpaired) electrons. The van der Waals surface area contributed by atoms with Crippen LogP contribution in [0.4, 0.5) is 0 Å². The second-order valence-corrected chi connectivity index (χ2v) is 4.42. The summed E-state index contributed by atoms with van der Waals surface area (Å²) in [6, 6.07) is 8.17. The molecule has 1 unspecified atom stereocenters. The summed E-state index contributed by atoms with van der Waals surface area (Å²) in [7, 11) is 0. The van der Waals surface area contributed by atoms with Crippen molar-refractivity contribution < 1.29 is 4.74 Å². The highest BCUT2D eigenvalue weighted by molar-refractivity contribution is 6.17. The van der Waals surface area contributed by atoms with E-state index in [0.29, 0.717) is 18.4 Å². The molecule has 0 aliphatic carbocycles. The molecule has 1 aromatic rings. The number of benzene rings is 1. The average Bonchev–Trinajstić information content (AvgIpc) is 2.32. The van der Waals surface area contributed by atoms with Crippen LogP contribution in [0.1, 0.15) is 36.8 Å². The zero-order valence-electron chi connectivity index (χ0n) is 10.5. The maximum atomic E-state index is 7.99. The van der Waals surface area contributed by atoms with Gasteiger partial charge in [0.25, 0.3) is 0 Å². The van der Waals surface area contributed by atoms with Crippen LogP contribution in [0.3, 0.4) is 0 Å². The van der Waals surface area contributed by atoms with Gasteiger partial charge in [0.15, 0.2) is 5.90 Å². The summed E-state index contributed by atoms with van der Waals surface area (Å²) in [6.45, 7) is 4.52. The molecule has 0 saturated carbocycles. The van der Waals surface area contributed by atoms with E-state index >= 15 is 0 Å². The highest BCUT2D eigenvalue weighted by Gasteiger charge is 2.19. The summed E-state index contributed by atoms with van der Waals surface area (Å²) in [5.74, 6) is 1.02. The van der Waals surface area contributed by atoms with E-state index in [2.05, 4.69) is 19.1 Å². The Kier molecular flexibility index (Phi) is 6.06. The fraction of sp³-hybridized carbons (Fsp3) is 0.500. The molecule has 0 saturated heterocycles. The third-order valence-corrected chi connectivity index (χ3v) is 3.07. The molecule has 1 atom stereocenters. The lowest BCUT2D eigenvalue weighted by Crippen LogP contribution is -2.16. The lowest BCUT2D eigenvalue weighted by atomic mass is 9.91. The van der Waals surface area contributed by atoms with Gasteiger partial charge in [0.2, 0.25) is 0 Å². The molecular weight excluding hydrogens is 234 g/mol. The number of ether oxygens (including phenoxy) is 1. The van der Waals surface area contributed by atoms with Crippen molar-refractivity contribution in [2.24, 2.45) is 0 Å².